The van der Waals surface area contributed by atoms with E-state index in [-0.39, 0.29) is 5.91 Å². The fraction of sp³-hybridized carbons (Fsp3) is 0.143. The Morgan fingerprint density at radius 3 is 2.54 bits per heavy atom. The molecule has 0 bridgehead atoms. The predicted molar refractivity (Wildman–Crippen MR) is 104 cm³/mol. The van der Waals surface area contributed by atoms with Crippen LogP contribution in [0.15, 0.2) is 54.6 Å². The van der Waals surface area contributed by atoms with Crippen LogP contribution in [0.4, 0.5) is 5.00 Å². The summed E-state index contributed by atoms with van der Waals surface area (Å²) in [5, 5.41) is 12.8. The number of ether oxygens (including phenoxy) is 1. The maximum Gasteiger partial charge on any atom is 0.256 e. The fourth-order valence-corrected chi connectivity index (χ4v) is 3.57. The van der Waals surface area contributed by atoms with E-state index >= 15 is 0 Å². The number of nitriles is 1. The first-order chi connectivity index (χ1) is 12.6. The first-order valence-corrected chi connectivity index (χ1v) is 8.99. The Labute approximate surface area is 156 Å². The molecule has 26 heavy (non-hydrogen) atoms. The first kappa shape index (κ1) is 17.7. The van der Waals surface area contributed by atoms with E-state index in [0.717, 1.165) is 21.8 Å². The molecule has 2 aromatic carbocycles. The Balaban J connectivity index is 1.80. The molecule has 1 N–H and O–H groups in total. The van der Waals surface area contributed by atoms with Gasteiger partial charge < -0.3 is 10.1 Å². The summed E-state index contributed by atoms with van der Waals surface area (Å²) in [6.45, 7) is 4.13. The zero-order chi connectivity index (χ0) is 18.5. The summed E-state index contributed by atoms with van der Waals surface area (Å²) in [6.07, 6.45) is 0. The Hall–Kier alpha value is -3.10. The number of amides is 1. The number of nitrogens with zero attached hydrogens (tertiary/aromatic N) is 1. The van der Waals surface area contributed by atoms with Gasteiger partial charge in [0, 0.05) is 16.0 Å². The average Bonchev–Trinajstić information content (AvgIpc) is 2.94. The van der Waals surface area contributed by atoms with E-state index in [0.29, 0.717) is 22.7 Å². The van der Waals surface area contributed by atoms with Crippen LogP contribution in [0.2, 0.25) is 0 Å². The highest BCUT2D eigenvalue weighted by Gasteiger charge is 2.17. The molecule has 0 aliphatic rings. The lowest BCUT2D eigenvalue weighted by atomic mass is 10.1. The van der Waals surface area contributed by atoms with E-state index in [9.17, 15) is 10.1 Å². The zero-order valence-electron chi connectivity index (χ0n) is 14.6. The van der Waals surface area contributed by atoms with Gasteiger partial charge in [0.15, 0.2) is 0 Å². The van der Waals surface area contributed by atoms with Gasteiger partial charge >= 0.3 is 0 Å². The third-order valence-corrected chi connectivity index (χ3v) is 5.25. The van der Waals surface area contributed by atoms with Crippen LogP contribution in [0, 0.1) is 25.2 Å². The van der Waals surface area contributed by atoms with Crippen LogP contribution in [0.3, 0.4) is 0 Å². The third kappa shape index (κ3) is 3.76. The van der Waals surface area contributed by atoms with Crippen molar-refractivity contribution in [1.29, 1.82) is 5.26 Å². The van der Waals surface area contributed by atoms with E-state index in [1.54, 1.807) is 6.07 Å². The predicted octanol–water partition coefficient (Wildman–Crippen LogP) is 5.07. The van der Waals surface area contributed by atoms with Crippen LogP contribution in [0.5, 0.6) is 5.75 Å². The molecule has 0 aliphatic carbocycles. The number of thiophene rings is 1. The molecule has 4 nitrogen and oxygen atoms in total. The summed E-state index contributed by atoms with van der Waals surface area (Å²) in [6, 6.07) is 19.0. The number of hydrogen-bond donors (Lipinski definition) is 1. The lowest BCUT2D eigenvalue weighted by molar-refractivity contribution is 0.102. The van der Waals surface area contributed by atoms with Gasteiger partial charge in [-0.15, -0.1) is 11.3 Å². The SMILES string of the molecule is Cc1sc(NC(=O)c2ccccc2COc2ccccc2)c(C#N)c1C. The molecule has 1 heterocycles. The highest BCUT2D eigenvalue weighted by Crippen LogP contribution is 2.32. The standard InChI is InChI=1S/C21H18N2O2S/c1-14-15(2)26-21(19(14)12-22)23-20(24)18-11-7-6-8-16(18)13-25-17-9-4-3-5-10-17/h3-11H,13H2,1-2H3,(H,23,24). The summed E-state index contributed by atoms with van der Waals surface area (Å²) in [5.41, 5.74) is 2.76. The molecule has 0 fully saturated rings. The minimum Gasteiger partial charge on any atom is -0.489 e. The molecule has 5 heteroatoms. The molecule has 1 aromatic heterocycles. The zero-order valence-corrected chi connectivity index (χ0v) is 15.4. The van der Waals surface area contributed by atoms with E-state index in [2.05, 4.69) is 11.4 Å². The van der Waals surface area contributed by atoms with Crippen LogP contribution in [0.1, 0.15) is 31.9 Å². The molecular weight excluding hydrogens is 344 g/mol. The summed E-state index contributed by atoms with van der Waals surface area (Å²) >= 11 is 1.42. The molecule has 3 aromatic rings. The minimum absolute atomic E-state index is 0.241. The van der Waals surface area contributed by atoms with E-state index in [1.807, 2.05) is 62.4 Å². The second-order valence-corrected chi connectivity index (χ2v) is 7.04. The minimum atomic E-state index is -0.241. The molecular formula is C21H18N2O2S. The van der Waals surface area contributed by atoms with Gasteiger partial charge in [0.05, 0.1) is 5.56 Å². The third-order valence-electron chi connectivity index (χ3n) is 4.12. The quantitative estimate of drug-likeness (QED) is 0.689. The van der Waals surface area contributed by atoms with E-state index in [4.69, 9.17) is 4.74 Å². The highest BCUT2D eigenvalue weighted by atomic mass is 32.1. The van der Waals surface area contributed by atoms with Crippen molar-refractivity contribution < 1.29 is 9.53 Å². The van der Waals surface area contributed by atoms with Gasteiger partial charge in [-0.1, -0.05) is 36.4 Å². The van der Waals surface area contributed by atoms with Gasteiger partial charge in [0.2, 0.25) is 0 Å². The van der Waals surface area contributed by atoms with Crippen LogP contribution < -0.4 is 10.1 Å². The van der Waals surface area contributed by atoms with Crippen LogP contribution in [-0.4, -0.2) is 5.91 Å². The lowest BCUT2D eigenvalue weighted by Crippen LogP contribution is -2.15. The number of hydrogen-bond acceptors (Lipinski definition) is 4. The number of anilines is 1. The van der Waals surface area contributed by atoms with E-state index < -0.39 is 0 Å². The molecule has 0 atom stereocenters. The number of aryl methyl sites for hydroxylation is 1. The van der Waals surface area contributed by atoms with Crippen LogP contribution >= 0.6 is 11.3 Å². The molecule has 0 saturated heterocycles. The van der Waals surface area contributed by atoms with Crippen molar-refractivity contribution in [1.82, 2.24) is 0 Å². The maximum absolute atomic E-state index is 12.8. The highest BCUT2D eigenvalue weighted by molar-refractivity contribution is 7.16. The van der Waals surface area contributed by atoms with Crippen molar-refractivity contribution >= 4 is 22.2 Å². The van der Waals surface area contributed by atoms with Crippen molar-refractivity contribution in [2.75, 3.05) is 5.32 Å². The molecule has 0 saturated carbocycles. The Bertz CT molecular complexity index is 971. The number of nitrogens with one attached hydrogen (secondary N) is 1. The summed E-state index contributed by atoms with van der Waals surface area (Å²) in [4.78, 5) is 13.8. The van der Waals surface area contributed by atoms with Gasteiger partial charge in [-0.05, 0) is 37.6 Å². The van der Waals surface area contributed by atoms with Crippen molar-refractivity contribution in [3.8, 4) is 11.8 Å². The Morgan fingerprint density at radius 1 is 1.12 bits per heavy atom. The Kier molecular flexibility index (Phi) is 5.35. The number of carbonyl (C=O) groups is 1. The van der Waals surface area contributed by atoms with Crippen molar-refractivity contribution in [2.24, 2.45) is 0 Å². The van der Waals surface area contributed by atoms with Crippen molar-refractivity contribution in [2.45, 2.75) is 20.5 Å². The lowest BCUT2D eigenvalue weighted by Gasteiger charge is -2.11. The molecule has 0 aliphatic heterocycles. The molecule has 0 unspecified atom stereocenters. The molecule has 3 rings (SSSR count). The number of para-hydroxylation sites is 1. The van der Waals surface area contributed by atoms with Gasteiger partial charge in [-0.2, -0.15) is 5.26 Å². The van der Waals surface area contributed by atoms with Gasteiger partial charge in [0.1, 0.15) is 23.4 Å². The van der Waals surface area contributed by atoms with E-state index in [1.165, 1.54) is 11.3 Å². The summed E-state index contributed by atoms with van der Waals surface area (Å²) in [5.74, 6) is 0.508. The van der Waals surface area contributed by atoms with Crippen LogP contribution in [0.25, 0.3) is 0 Å². The largest absolute Gasteiger partial charge is 0.489 e. The van der Waals surface area contributed by atoms with Crippen molar-refractivity contribution in [3.05, 3.63) is 81.7 Å². The van der Waals surface area contributed by atoms with Gasteiger partial charge in [0.25, 0.3) is 5.91 Å². The summed E-state index contributed by atoms with van der Waals surface area (Å²) in [7, 11) is 0. The Morgan fingerprint density at radius 2 is 1.81 bits per heavy atom. The van der Waals surface area contributed by atoms with Gasteiger partial charge in [-0.3, -0.25) is 4.79 Å². The average molecular weight is 362 g/mol. The smallest absolute Gasteiger partial charge is 0.256 e. The summed E-state index contributed by atoms with van der Waals surface area (Å²) < 4.78 is 5.77. The topological polar surface area (TPSA) is 62.1 Å². The fourth-order valence-electron chi connectivity index (χ4n) is 2.57. The normalized spacial score (nSPS) is 10.2. The number of rotatable bonds is 5. The number of benzene rings is 2. The number of carbonyl (C=O) groups excluding carboxylic acids is 1. The van der Waals surface area contributed by atoms with Crippen LogP contribution in [-0.2, 0) is 6.61 Å². The molecule has 1 amide bonds. The molecule has 0 radical (unpaired) electrons. The second-order valence-electron chi connectivity index (χ2n) is 5.81. The van der Waals surface area contributed by atoms with Gasteiger partial charge in [-0.25, -0.2) is 0 Å². The monoisotopic (exact) mass is 362 g/mol. The first-order valence-electron chi connectivity index (χ1n) is 8.17. The van der Waals surface area contributed by atoms with Crippen molar-refractivity contribution in [3.63, 3.8) is 0 Å². The second kappa shape index (κ2) is 7.85. The molecule has 130 valence electrons. The molecule has 0 spiro atoms. The maximum atomic E-state index is 12.8.